The standard InChI is InChI=1S/C51H92O15/c1-3-5-7-9-11-12-13-14-15-16-17-18-19-20-21-22-23-24-25-26-28-30-32-34-43(54)64-39(36-61-42(53)33-31-29-27-10-8-6-4-2)37-62-50-49(60)47(58)45(56)41(66-50)38-63-51-48(59)46(57)44(55)40(35-52)65-51/h22-23,26,28,39-41,44-52,55-60H,3-21,24-25,27,29-38H2,1-2H3/b23-22+,28-26+/t39-,40+,41+,44-,45-,46?,47?,48?,49?,50+,51+/m1/s1. The fourth-order valence-electron chi connectivity index (χ4n) is 8.12. The molecule has 0 aromatic heterocycles. The molecule has 0 aromatic rings. The van der Waals surface area contributed by atoms with E-state index in [4.69, 9.17) is 28.4 Å². The first-order chi connectivity index (χ1) is 32.0. The highest BCUT2D eigenvalue weighted by Crippen LogP contribution is 2.26. The van der Waals surface area contributed by atoms with Gasteiger partial charge in [0.1, 0.15) is 55.4 Å². The van der Waals surface area contributed by atoms with Crippen LogP contribution in [0.3, 0.4) is 0 Å². The van der Waals surface area contributed by atoms with Crippen LogP contribution in [0.1, 0.15) is 194 Å². The number of rotatable bonds is 40. The molecule has 386 valence electrons. The summed E-state index contributed by atoms with van der Waals surface area (Å²) >= 11 is 0. The molecule has 0 aromatic carbocycles. The van der Waals surface area contributed by atoms with Gasteiger partial charge in [0.05, 0.1) is 19.8 Å². The SMILES string of the molecule is CCCCCCCCCCCCCCCC/C=C/CC/C=C/CCCC(=O)O[C@H](COC(=O)CCCCCCCCC)CO[C@H]1O[C@@H](CO[C@H]2O[C@@H](CO)[C@@H](O)C(O)C2O)[C@@H](O)C(O)C1O. The van der Waals surface area contributed by atoms with Crippen LogP contribution in [0.15, 0.2) is 24.3 Å². The first-order valence-electron chi connectivity index (χ1n) is 25.9. The van der Waals surface area contributed by atoms with Crippen molar-refractivity contribution in [1.29, 1.82) is 0 Å². The Kier molecular flexibility index (Phi) is 35.3. The first-order valence-corrected chi connectivity index (χ1v) is 25.9. The van der Waals surface area contributed by atoms with E-state index in [1.165, 1.54) is 103 Å². The lowest BCUT2D eigenvalue weighted by atomic mass is 9.98. The molecule has 2 saturated heterocycles. The first kappa shape index (κ1) is 60.1. The van der Waals surface area contributed by atoms with Crippen molar-refractivity contribution in [2.24, 2.45) is 0 Å². The van der Waals surface area contributed by atoms with Crippen molar-refractivity contribution >= 4 is 11.9 Å². The van der Waals surface area contributed by atoms with Gasteiger partial charge in [-0.25, -0.2) is 0 Å². The van der Waals surface area contributed by atoms with Crippen LogP contribution in [0.25, 0.3) is 0 Å². The zero-order chi connectivity index (χ0) is 48.2. The summed E-state index contributed by atoms with van der Waals surface area (Å²) in [7, 11) is 0. The summed E-state index contributed by atoms with van der Waals surface area (Å²) in [4.78, 5) is 25.6. The number of hydrogen-bond donors (Lipinski definition) is 7. The molecule has 2 heterocycles. The van der Waals surface area contributed by atoms with Crippen LogP contribution < -0.4 is 0 Å². The molecule has 15 heteroatoms. The van der Waals surface area contributed by atoms with Crippen LogP contribution in [0, 0.1) is 0 Å². The number of esters is 2. The normalized spacial score (nSPS) is 26.3. The molecule has 0 amide bonds. The second-order valence-electron chi connectivity index (χ2n) is 18.3. The Bertz CT molecular complexity index is 1250. The molecule has 2 aliphatic rings. The van der Waals surface area contributed by atoms with E-state index in [1.54, 1.807) is 0 Å². The third-order valence-electron chi connectivity index (χ3n) is 12.4. The lowest BCUT2D eigenvalue weighted by molar-refractivity contribution is -0.332. The molecule has 0 aliphatic carbocycles. The minimum absolute atomic E-state index is 0.108. The van der Waals surface area contributed by atoms with Gasteiger partial charge < -0.3 is 64.2 Å². The number of carbonyl (C=O) groups excluding carboxylic acids is 2. The van der Waals surface area contributed by atoms with Crippen LogP contribution >= 0.6 is 0 Å². The molecule has 66 heavy (non-hydrogen) atoms. The van der Waals surface area contributed by atoms with E-state index in [-0.39, 0.29) is 19.4 Å². The lowest BCUT2D eigenvalue weighted by Gasteiger charge is -2.42. The zero-order valence-electron chi connectivity index (χ0n) is 40.7. The van der Waals surface area contributed by atoms with Crippen LogP contribution in [-0.2, 0) is 38.0 Å². The van der Waals surface area contributed by atoms with Crippen LogP contribution in [-0.4, -0.2) is 142 Å². The average Bonchev–Trinajstić information content (AvgIpc) is 3.31. The van der Waals surface area contributed by atoms with Crippen molar-refractivity contribution in [2.75, 3.05) is 26.4 Å². The predicted molar refractivity (Wildman–Crippen MR) is 252 cm³/mol. The highest BCUT2D eigenvalue weighted by atomic mass is 16.7. The van der Waals surface area contributed by atoms with E-state index < -0.39 is 99.3 Å². The lowest BCUT2D eigenvalue weighted by Crippen LogP contribution is -2.61. The Morgan fingerprint density at radius 3 is 1.42 bits per heavy atom. The van der Waals surface area contributed by atoms with Crippen molar-refractivity contribution in [3.63, 3.8) is 0 Å². The van der Waals surface area contributed by atoms with Gasteiger partial charge in [-0.3, -0.25) is 9.59 Å². The van der Waals surface area contributed by atoms with Gasteiger partial charge in [0.25, 0.3) is 0 Å². The number of carbonyl (C=O) groups is 2. The van der Waals surface area contributed by atoms with Crippen molar-refractivity contribution in [1.82, 2.24) is 0 Å². The topological polar surface area (TPSA) is 231 Å². The Morgan fingerprint density at radius 2 is 0.894 bits per heavy atom. The van der Waals surface area contributed by atoms with Crippen molar-refractivity contribution in [2.45, 2.75) is 261 Å². The molecule has 2 rings (SSSR count). The van der Waals surface area contributed by atoms with Gasteiger partial charge >= 0.3 is 11.9 Å². The molecule has 7 N–H and O–H groups in total. The molecule has 2 aliphatic heterocycles. The second kappa shape index (κ2) is 38.8. The zero-order valence-corrected chi connectivity index (χ0v) is 40.7. The summed E-state index contributed by atoms with van der Waals surface area (Å²) in [6, 6.07) is 0. The minimum Gasteiger partial charge on any atom is -0.462 e. The van der Waals surface area contributed by atoms with Crippen molar-refractivity contribution in [3.05, 3.63) is 24.3 Å². The van der Waals surface area contributed by atoms with Crippen LogP contribution in [0.4, 0.5) is 0 Å². The summed E-state index contributed by atoms with van der Waals surface area (Å²) in [5, 5.41) is 71.9. The van der Waals surface area contributed by atoms with E-state index in [0.717, 1.165) is 44.9 Å². The molecule has 11 atom stereocenters. The molecule has 0 saturated carbocycles. The van der Waals surface area contributed by atoms with Gasteiger partial charge in [0.2, 0.25) is 0 Å². The van der Waals surface area contributed by atoms with E-state index in [1.807, 2.05) is 0 Å². The van der Waals surface area contributed by atoms with E-state index in [0.29, 0.717) is 19.3 Å². The molecular weight excluding hydrogens is 853 g/mol. The monoisotopic (exact) mass is 945 g/mol. The van der Waals surface area contributed by atoms with E-state index >= 15 is 0 Å². The fourth-order valence-corrected chi connectivity index (χ4v) is 8.12. The van der Waals surface area contributed by atoms with Crippen molar-refractivity contribution < 1.29 is 73.8 Å². The Hall–Kier alpha value is -2.02. The number of aliphatic hydroxyl groups excluding tert-OH is 7. The predicted octanol–water partition coefficient (Wildman–Crippen LogP) is 7.16. The van der Waals surface area contributed by atoms with Crippen LogP contribution in [0.5, 0.6) is 0 Å². The van der Waals surface area contributed by atoms with Gasteiger partial charge in [-0.05, 0) is 44.9 Å². The Balaban J connectivity index is 1.74. The molecule has 4 unspecified atom stereocenters. The summed E-state index contributed by atoms with van der Waals surface area (Å²) in [6.45, 7) is 2.51. The van der Waals surface area contributed by atoms with Gasteiger partial charge in [0, 0.05) is 12.8 Å². The number of allylic oxidation sites excluding steroid dienone is 4. The minimum atomic E-state index is -1.77. The molecule has 15 nitrogen and oxygen atoms in total. The maximum atomic E-state index is 12.9. The summed E-state index contributed by atoms with van der Waals surface area (Å²) in [6.07, 6.45) is 22.6. The average molecular weight is 945 g/mol. The maximum Gasteiger partial charge on any atom is 0.306 e. The smallest absolute Gasteiger partial charge is 0.306 e. The summed E-state index contributed by atoms with van der Waals surface area (Å²) in [5.41, 5.74) is 0. The maximum absolute atomic E-state index is 12.9. The molecule has 0 spiro atoms. The third-order valence-corrected chi connectivity index (χ3v) is 12.4. The van der Waals surface area contributed by atoms with Gasteiger partial charge in [-0.1, -0.05) is 160 Å². The Morgan fingerprint density at radius 1 is 0.470 bits per heavy atom. The summed E-state index contributed by atoms with van der Waals surface area (Å²) < 4.78 is 33.4. The van der Waals surface area contributed by atoms with Crippen molar-refractivity contribution in [3.8, 4) is 0 Å². The molecular formula is C51H92O15. The van der Waals surface area contributed by atoms with Gasteiger partial charge in [-0.15, -0.1) is 0 Å². The number of ether oxygens (including phenoxy) is 6. The van der Waals surface area contributed by atoms with E-state index in [9.17, 15) is 45.3 Å². The molecule has 0 bridgehead atoms. The highest BCUT2D eigenvalue weighted by molar-refractivity contribution is 5.70. The molecule has 0 radical (unpaired) electrons. The third kappa shape index (κ3) is 26.7. The number of unbranched alkanes of at least 4 members (excludes halogenated alkanes) is 22. The molecule has 2 fully saturated rings. The Labute approximate surface area is 396 Å². The number of aliphatic hydroxyl groups is 7. The number of hydrogen-bond acceptors (Lipinski definition) is 15. The van der Waals surface area contributed by atoms with Gasteiger partial charge in [0.15, 0.2) is 18.7 Å². The summed E-state index contributed by atoms with van der Waals surface area (Å²) in [5.74, 6) is -0.977. The second-order valence-corrected chi connectivity index (χ2v) is 18.3. The van der Waals surface area contributed by atoms with Crippen LogP contribution in [0.2, 0.25) is 0 Å². The van der Waals surface area contributed by atoms with E-state index in [2.05, 4.69) is 38.2 Å². The highest BCUT2D eigenvalue weighted by Gasteiger charge is 2.47. The quantitative estimate of drug-likeness (QED) is 0.0184. The van der Waals surface area contributed by atoms with Gasteiger partial charge in [-0.2, -0.15) is 0 Å². The fraction of sp³-hybridized carbons (Fsp3) is 0.882. The largest absolute Gasteiger partial charge is 0.462 e.